The molecule has 0 aliphatic carbocycles. The van der Waals surface area contributed by atoms with Crippen LogP contribution >= 0.6 is 15.9 Å². The number of hydrogen-bond acceptors (Lipinski definition) is 17. The molecule has 0 bridgehead atoms. The first-order valence-corrected chi connectivity index (χ1v) is 27.0. The topological polar surface area (TPSA) is 322 Å². The fourth-order valence-corrected chi connectivity index (χ4v) is 8.82. The van der Waals surface area contributed by atoms with Crippen LogP contribution in [0, 0.1) is 34.0 Å². The number of carboxylic acids is 1. The molecule has 6 aromatic heterocycles. The van der Waals surface area contributed by atoms with E-state index in [-0.39, 0.29) is 35.9 Å². The molecule has 0 radical (unpaired) electrons. The van der Waals surface area contributed by atoms with Crippen molar-refractivity contribution < 1.29 is 63.3 Å². The van der Waals surface area contributed by atoms with Gasteiger partial charge in [-0.25, -0.2) is 34.3 Å². The van der Waals surface area contributed by atoms with Gasteiger partial charge in [0.2, 0.25) is 0 Å². The number of ether oxygens (including phenoxy) is 2. The number of nitrogens with zero attached hydrogens (tertiary/aromatic N) is 12. The molecule has 6 heterocycles. The summed E-state index contributed by atoms with van der Waals surface area (Å²) in [4.78, 5) is 60.1. The van der Waals surface area contributed by atoms with E-state index in [1.165, 1.54) is 24.3 Å². The van der Waals surface area contributed by atoms with Gasteiger partial charge in [0.25, 0.3) is 0 Å². The predicted octanol–water partition coefficient (Wildman–Crippen LogP) is 7.15. The van der Waals surface area contributed by atoms with Crippen molar-refractivity contribution >= 4 is 63.4 Å². The largest absolute Gasteiger partial charge is 1.00 e. The van der Waals surface area contributed by atoms with Crippen LogP contribution in [-0.4, -0.2) is 102 Å². The molecular formula is C64H47BBrLiN12O9. The van der Waals surface area contributed by atoms with Crippen molar-refractivity contribution in [3.63, 3.8) is 0 Å². The number of nitriles is 3. The zero-order valence-corrected chi connectivity index (χ0v) is 48.7. The van der Waals surface area contributed by atoms with Gasteiger partial charge in [-0.15, -0.1) is 0 Å². The van der Waals surface area contributed by atoms with Gasteiger partial charge < -0.3 is 30.1 Å². The monoisotopic (exact) mass is 1220 g/mol. The SMILES string of the molecule is CCOC(=O)c1ccc(-c2cn3c(-c4ccc(C#N)cc4)cnc3cn2)cc1.CCOC(=O)c1ccc(B(O)O)cc1.N#Cc1ccc(-c2cnc3cnc(-c4ccc(C(=O)O)cc4)cn23)cc1.N#Cc1ccc(-c2cnc3cnc(Br)cn23)cc1.[Li+].[OH-]. The van der Waals surface area contributed by atoms with E-state index in [2.05, 4.69) is 64.0 Å². The maximum absolute atomic E-state index is 11.8. The summed E-state index contributed by atoms with van der Waals surface area (Å²) in [6.45, 7) is 4.17. The van der Waals surface area contributed by atoms with Crippen LogP contribution in [0.2, 0.25) is 0 Å². The molecule has 24 heteroatoms. The van der Waals surface area contributed by atoms with Gasteiger partial charge in [0.1, 0.15) is 4.60 Å². The van der Waals surface area contributed by atoms with E-state index in [9.17, 15) is 14.4 Å². The summed E-state index contributed by atoms with van der Waals surface area (Å²) in [5.41, 5.74) is 14.4. The van der Waals surface area contributed by atoms with Gasteiger partial charge >= 0.3 is 43.9 Å². The third kappa shape index (κ3) is 15.5. The van der Waals surface area contributed by atoms with Gasteiger partial charge in [0, 0.05) is 46.4 Å². The Labute approximate surface area is 523 Å². The quantitative estimate of drug-likeness (QED) is 0.0855. The Bertz CT molecular complexity index is 4530. The average Bonchev–Trinajstić information content (AvgIpc) is 2.01. The number of aromatic carboxylic acids is 1. The van der Waals surface area contributed by atoms with Crippen LogP contribution in [0.25, 0.3) is 73.2 Å². The van der Waals surface area contributed by atoms with Crippen LogP contribution < -0.4 is 24.3 Å². The third-order valence-corrected chi connectivity index (χ3v) is 13.3. The van der Waals surface area contributed by atoms with Crippen molar-refractivity contribution in [3.05, 3.63) is 239 Å². The fraction of sp³-hybridized carbons (Fsp3) is 0.0625. The summed E-state index contributed by atoms with van der Waals surface area (Å²) in [6, 6.07) is 48.1. The maximum Gasteiger partial charge on any atom is 1.00 e. The molecule has 428 valence electrons. The number of imidazole rings is 3. The molecule has 0 unspecified atom stereocenters. The van der Waals surface area contributed by atoms with Crippen molar-refractivity contribution in [1.29, 1.82) is 15.8 Å². The Morgan fingerprint density at radius 1 is 0.466 bits per heavy atom. The van der Waals surface area contributed by atoms with Crippen molar-refractivity contribution in [2.24, 2.45) is 0 Å². The molecule has 0 fully saturated rings. The molecule has 6 aromatic carbocycles. The summed E-state index contributed by atoms with van der Waals surface area (Å²) in [5.74, 6) is -1.71. The number of fused-ring (bicyclic) bond motifs is 3. The number of halogens is 1. The number of carbonyl (C=O) groups excluding carboxylic acids is 2. The van der Waals surface area contributed by atoms with Gasteiger partial charge in [0.15, 0.2) is 16.9 Å². The zero-order chi connectivity index (χ0) is 60.7. The summed E-state index contributed by atoms with van der Waals surface area (Å²) >= 11 is 3.34. The summed E-state index contributed by atoms with van der Waals surface area (Å²) in [5, 5.41) is 53.3. The molecule has 0 saturated carbocycles. The second kappa shape index (κ2) is 30.2. The molecule has 21 nitrogen and oxygen atoms in total. The molecule has 12 rings (SSSR count). The zero-order valence-electron chi connectivity index (χ0n) is 47.1. The van der Waals surface area contributed by atoms with E-state index < -0.39 is 19.1 Å². The van der Waals surface area contributed by atoms with E-state index >= 15 is 0 Å². The van der Waals surface area contributed by atoms with Gasteiger partial charge in [-0.3, -0.25) is 23.2 Å². The van der Waals surface area contributed by atoms with E-state index in [0.717, 1.165) is 66.5 Å². The van der Waals surface area contributed by atoms with Crippen molar-refractivity contribution in [1.82, 2.24) is 43.1 Å². The first-order chi connectivity index (χ1) is 41.8. The van der Waals surface area contributed by atoms with Crippen LogP contribution in [0.15, 0.2) is 206 Å². The Hall–Kier alpha value is -10.9. The van der Waals surface area contributed by atoms with Gasteiger partial charge in [-0.1, -0.05) is 72.8 Å². The Morgan fingerprint density at radius 3 is 1.11 bits per heavy atom. The minimum absolute atomic E-state index is 0. The van der Waals surface area contributed by atoms with E-state index in [1.54, 1.807) is 124 Å². The Balaban J connectivity index is 0.000000171. The predicted molar refractivity (Wildman–Crippen MR) is 325 cm³/mol. The average molecular weight is 1230 g/mol. The molecule has 12 aromatic rings. The first kappa shape index (κ1) is 64.6. The van der Waals surface area contributed by atoms with Crippen LogP contribution in [0.1, 0.15) is 61.6 Å². The number of benzene rings is 6. The smallest absolute Gasteiger partial charge is 0.870 e. The number of carbonyl (C=O) groups is 3. The van der Waals surface area contributed by atoms with Crippen LogP contribution in [0.5, 0.6) is 0 Å². The second-order valence-electron chi connectivity index (χ2n) is 18.3. The number of carboxylic acid groups (broad SMARTS) is 1. The van der Waals surface area contributed by atoms with Gasteiger partial charge in [0.05, 0.1) is 130 Å². The molecule has 0 aliphatic heterocycles. The van der Waals surface area contributed by atoms with E-state index in [0.29, 0.717) is 57.8 Å². The summed E-state index contributed by atoms with van der Waals surface area (Å²) < 4.78 is 16.4. The maximum atomic E-state index is 11.8. The number of aromatic nitrogens is 9. The minimum Gasteiger partial charge on any atom is -0.870 e. The number of rotatable bonds is 11. The van der Waals surface area contributed by atoms with Crippen LogP contribution in [-0.2, 0) is 9.47 Å². The molecule has 0 saturated heterocycles. The van der Waals surface area contributed by atoms with E-state index in [4.69, 9.17) is 40.4 Å². The van der Waals surface area contributed by atoms with Crippen LogP contribution in [0.4, 0.5) is 0 Å². The summed E-state index contributed by atoms with van der Waals surface area (Å²) in [7, 11) is -1.51. The summed E-state index contributed by atoms with van der Waals surface area (Å²) in [6.07, 6.45) is 16.1. The Morgan fingerprint density at radius 2 is 0.784 bits per heavy atom. The fourth-order valence-electron chi connectivity index (χ4n) is 8.51. The molecule has 4 N–H and O–H groups in total. The molecule has 0 spiro atoms. The number of hydrogen-bond donors (Lipinski definition) is 3. The van der Waals surface area contributed by atoms with Crippen LogP contribution in [0.3, 0.4) is 0 Å². The molecule has 0 aliphatic rings. The number of esters is 2. The molecule has 0 amide bonds. The minimum atomic E-state index is -1.51. The second-order valence-corrected chi connectivity index (χ2v) is 19.1. The molecular weight excluding hydrogens is 1180 g/mol. The van der Waals surface area contributed by atoms with Gasteiger partial charge in [-0.05, 0) is 108 Å². The van der Waals surface area contributed by atoms with E-state index in [1.807, 2.05) is 80.3 Å². The standard InChI is InChI=1S/C22H16N4O2.C20H12N4O2.C13H7BrN4.C9H11BO4.Li.H2O/c1-2-28-22(27)18-9-7-16(8-10-18)19-14-26-20(12-25-21(26)13-24-19)17-5-3-15(11-23)4-6-17;21-9-13-1-3-15(4-2-13)18-10-23-19-11-22-17(12-24(18)19)14-5-7-16(8-6-14)20(25)26;14-12-8-18-11(6-17-13(18)7-16-12)10-3-1-9(5-15)2-4-10;1-2-14-9(11)7-3-5-8(6-4-7)10(12)13;;/h3-10,12-14H,2H2,1H3;1-8,10-12H,(H,25,26);1-4,6-8H;3-6,12-13H,2H2,1H3;;1H2/q;;;;+1;/p-1. The van der Waals surface area contributed by atoms with Crippen molar-refractivity contribution in [2.75, 3.05) is 13.2 Å². The van der Waals surface area contributed by atoms with Crippen molar-refractivity contribution in [2.45, 2.75) is 13.8 Å². The Kier molecular flexibility index (Phi) is 22.2. The molecule has 0 atom stereocenters. The first-order valence-electron chi connectivity index (χ1n) is 26.2. The third-order valence-electron chi connectivity index (χ3n) is 12.9. The normalized spacial score (nSPS) is 10.2. The molecule has 88 heavy (non-hydrogen) atoms. The van der Waals surface area contributed by atoms with Gasteiger partial charge in [-0.2, -0.15) is 15.8 Å². The van der Waals surface area contributed by atoms with Crippen molar-refractivity contribution in [3.8, 4) is 74.5 Å².